The van der Waals surface area contributed by atoms with Gasteiger partial charge in [-0.3, -0.25) is 4.90 Å². The van der Waals surface area contributed by atoms with Crippen LogP contribution in [0.25, 0.3) is 6.08 Å². The zero-order valence-corrected chi connectivity index (χ0v) is 20.9. The summed E-state index contributed by atoms with van der Waals surface area (Å²) in [4.78, 5) is 2.38. The predicted octanol–water partition coefficient (Wildman–Crippen LogP) is 5.35. The SMILES string of the molecule is CCOc1ccccc1/C=C1\CN(C(C)C)CC2=C1OC(N)=C(C#N)C2c1ccccc1OCC. The molecule has 4 rings (SSSR count). The Kier molecular flexibility index (Phi) is 7.48. The largest absolute Gasteiger partial charge is 0.494 e. The van der Waals surface area contributed by atoms with Gasteiger partial charge in [0.1, 0.15) is 28.9 Å². The number of nitrogens with zero attached hydrogens (tertiary/aromatic N) is 2. The van der Waals surface area contributed by atoms with E-state index in [1.165, 1.54) is 0 Å². The zero-order chi connectivity index (χ0) is 24.9. The van der Waals surface area contributed by atoms with Gasteiger partial charge in [0.15, 0.2) is 0 Å². The fraction of sp³-hybridized carbons (Fsp3) is 0.345. The van der Waals surface area contributed by atoms with Crippen molar-refractivity contribution in [3.63, 3.8) is 0 Å². The Bertz CT molecular complexity index is 1220. The van der Waals surface area contributed by atoms with Gasteiger partial charge in [-0.1, -0.05) is 36.4 Å². The van der Waals surface area contributed by atoms with Crippen molar-refractivity contribution < 1.29 is 14.2 Å². The molecule has 0 radical (unpaired) electrons. The molecule has 1 atom stereocenters. The number of benzene rings is 2. The first-order chi connectivity index (χ1) is 17.0. The van der Waals surface area contributed by atoms with E-state index in [1.807, 2.05) is 62.4 Å². The number of hydrogen-bond acceptors (Lipinski definition) is 6. The first-order valence-corrected chi connectivity index (χ1v) is 12.2. The second kappa shape index (κ2) is 10.7. The van der Waals surface area contributed by atoms with Crippen LogP contribution in [0.2, 0.25) is 0 Å². The Morgan fingerprint density at radius 1 is 1.06 bits per heavy atom. The van der Waals surface area contributed by atoms with E-state index in [2.05, 4.69) is 30.9 Å². The zero-order valence-electron chi connectivity index (χ0n) is 20.9. The van der Waals surface area contributed by atoms with Gasteiger partial charge < -0.3 is 19.9 Å². The molecule has 0 bridgehead atoms. The predicted molar refractivity (Wildman–Crippen MR) is 138 cm³/mol. The summed E-state index contributed by atoms with van der Waals surface area (Å²) in [5.74, 6) is 2.11. The van der Waals surface area contributed by atoms with Gasteiger partial charge in [0.2, 0.25) is 5.88 Å². The molecule has 1 unspecified atom stereocenters. The number of allylic oxidation sites excluding steroid dienone is 1. The van der Waals surface area contributed by atoms with E-state index in [4.69, 9.17) is 19.9 Å². The summed E-state index contributed by atoms with van der Waals surface area (Å²) in [5, 5.41) is 10.1. The minimum absolute atomic E-state index is 0.143. The summed E-state index contributed by atoms with van der Waals surface area (Å²) >= 11 is 0. The summed E-state index contributed by atoms with van der Waals surface area (Å²) in [6, 6.07) is 18.5. The van der Waals surface area contributed by atoms with Crippen LogP contribution in [0.4, 0.5) is 0 Å². The summed E-state index contributed by atoms with van der Waals surface area (Å²) < 4.78 is 18.0. The fourth-order valence-corrected chi connectivity index (χ4v) is 4.70. The molecule has 0 spiro atoms. The maximum absolute atomic E-state index is 10.1. The van der Waals surface area contributed by atoms with Crippen molar-refractivity contribution in [1.29, 1.82) is 5.26 Å². The van der Waals surface area contributed by atoms with Crippen LogP contribution < -0.4 is 15.2 Å². The molecule has 0 amide bonds. The lowest BCUT2D eigenvalue weighted by Crippen LogP contribution is -2.41. The molecule has 35 heavy (non-hydrogen) atoms. The number of nitrogens with two attached hydrogens (primary N) is 1. The van der Waals surface area contributed by atoms with E-state index < -0.39 is 0 Å². The Balaban J connectivity index is 1.92. The van der Waals surface area contributed by atoms with Crippen LogP contribution in [0.1, 0.15) is 44.7 Å². The molecule has 6 heteroatoms. The van der Waals surface area contributed by atoms with Gasteiger partial charge in [-0.2, -0.15) is 5.26 Å². The smallest absolute Gasteiger partial charge is 0.205 e. The molecule has 0 aliphatic carbocycles. The lowest BCUT2D eigenvalue weighted by atomic mass is 9.79. The Hall–Kier alpha value is -3.69. The van der Waals surface area contributed by atoms with Crippen molar-refractivity contribution in [3.05, 3.63) is 88.0 Å². The number of nitriles is 1. The molecule has 0 saturated carbocycles. The second-order valence-electron chi connectivity index (χ2n) is 8.89. The van der Waals surface area contributed by atoms with Crippen LogP contribution >= 0.6 is 0 Å². The van der Waals surface area contributed by atoms with E-state index >= 15 is 0 Å². The molecule has 0 aromatic heterocycles. The molecule has 2 aromatic rings. The van der Waals surface area contributed by atoms with E-state index in [0.29, 0.717) is 37.9 Å². The van der Waals surface area contributed by atoms with Crippen molar-refractivity contribution in [2.75, 3.05) is 26.3 Å². The number of ether oxygens (including phenoxy) is 3. The van der Waals surface area contributed by atoms with Gasteiger partial charge in [0, 0.05) is 35.8 Å². The highest BCUT2D eigenvalue weighted by molar-refractivity contribution is 5.67. The Labute approximate surface area is 207 Å². The lowest BCUT2D eigenvalue weighted by Gasteiger charge is -2.40. The van der Waals surface area contributed by atoms with Gasteiger partial charge in [0.05, 0.1) is 19.1 Å². The Morgan fingerprint density at radius 2 is 1.71 bits per heavy atom. The van der Waals surface area contributed by atoms with Crippen molar-refractivity contribution in [2.45, 2.75) is 39.7 Å². The number of para-hydroxylation sites is 2. The standard InChI is InChI=1S/C29H33N3O3/c1-5-33-25-13-9-7-11-20(25)15-21-17-32(19(3)4)18-24-27(23(16-30)29(31)35-28(21)24)22-12-8-10-14-26(22)34-6-2/h7-15,19,27H,5-6,17-18,31H2,1-4H3/b21-15+. The molecule has 2 aliphatic heterocycles. The van der Waals surface area contributed by atoms with Gasteiger partial charge in [0.25, 0.3) is 0 Å². The highest BCUT2D eigenvalue weighted by atomic mass is 16.5. The average Bonchev–Trinajstić information content (AvgIpc) is 2.85. The lowest BCUT2D eigenvalue weighted by molar-refractivity contribution is 0.207. The van der Waals surface area contributed by atoms with E-state index in [0.717, 1.165) is 39.5 Å². The average molecular weight is 472 g/mol. The van der Waals surface area contributed by atoms with Gasteiger partial charge in [-0.25, -0.2) is 0 Å². The third-order valence-corrected chi connectivity index (χ3v) is 6.37. The summed E-state index contributed by atoms with van der Waals surface area (Å²) in [6.07, 6.45) is 2.12. The van der Waals surface area contributed by atoms with E-state index in [9.17, 15) is 5.26 Å². The maximum atomic E-state index is 10.1. The molecule has 2 aliphatic rings. The molecule has 6 nitrogen and oxygen atoms in total. The number of hydrogen-bond donors (Lipinski definition) is 1. The van der Waals surface area contributed by atoms with E-state index in [-0.39, 0.29) is 11.8 Å². The summed E-state index contributed by atoms with van der Waals surface area (Å²) in [6.45, 7) is 10.8. The maximum Gasteiger partial charge on any atom is 0.205 e. The van der Waals surface area contributed by atoms with Crippen molar-refractivity contribution in [3.8, 4) is 17.6 Å². The van der Waals surface area contributed by atoms with Crippen molar-refractivity contribution >= 4 is 6.08 Å². The highest BCUT2D eigenvalue weighted by Gasteiger charge is 2.39. The molecule has 2 aromatic carbocycles. The minimum atomic E-state index is -0.349. The van der Waals surface area contributed by atoms with E-state index in [1.54, 1.807) is 0 Å². The molecule has 0 fully saturated rings. The first-order valence-electron chi connectivity index (χ1n) is 12.2. The third-order valence-electron chi connectivity index (χ3n) is 6.37. The molecular formula is C29H33N3O3. The van der Waals surface area contributed by atoms with Crippen molar-refractivity contribution in [2.24, 2.45) is 5.73 Å². The fourth-order valence-electron chi connectivity index (χ4n) is 4.70. The Morgan fingerprint density at radius 3 is 2.40 bits per heavy atom. The molecule has 2 heterocycles. The summed E-state index contributed by atoms with van der Waals surface area (Å²) in [7, 11) is 0. The van der Waals surface area contributed by atoms with Crippen molar-refractivity contribution in [1.82, 2.24) is 4.90 Å². The third kappa shape index (κ3) is 4.91. The quantitative estimate of drug-likeness (QED) is 0.586. The monoisotopic (exact) mass is 471 g/mol. The normalized spacial score (nSPS) is 19.4. The topological polar surface area (TPSA) is 80.7 Å². The summed E-state index contributed by atoms with van der Waals surface area (Å²) in [5.41, 5.74) is 10.7. The second-order valence-corrected chi connectivity index (χ2v) is 8.89. The van der Waals surface area contributed by atoms with Gasteiger partial charge in [-0.05, 0) is 51.5 Å². The first kappa shape index (κ1) is 24.4. The van der Waals surface area contributed by atoms with Gasteiger partial charge >= 0.3 is 0 Å². The van der Waals surface area contributed by atoms with Crippen LogP contribution in [0.5, 0.6) is 11.5 Å². The number of rotatable bonds is 7. The van der Waals surface area contributed by atoms with Crippen LogP contribution in [0, 0.1) is 11.3 Å². The molecule has 0 saturated heterocycles. The molecule has 182 valence electrons. The van der Waals surface area contributed by atoms with Crippen LogP contribution in [-0.2, 0) is 4.74 Å². The van der Waals surface area contributed by atoms with Crippen LogP contribution in [-0.4, -0.2) is 37.2 Å². The highest BCUT2D eigenvalue weighted by Crippen LogP contribution is 2.46. The van der Waals surface area contributed by atoms with Gasteiger partial charge in [-0.15, -0.1) is 0 Å². The molecule has 2 N–H and O–H groups in total. The minimum Gasteiger partial charge on any atom is -0.494 e. The molecular weight excluding hydrogens is 438 g/mol. The van der Waals surface area contributed by atoms with Crippen LogP contribution in [0.3, 0.4) is 0 Å². The van der Waals surface area contributed by atoms with Crippen LogP contribution in [0.15, 0.2) is 76.9 Å².